The van der Waals surface area contributed by atoms with Gasteiger partial charge >= 0.3 is 0 Å². The zero-order valence-electron chi connectivity index (χ0n) is 11.9. The van der Waals surface area contributed by atoms with Gasteiger partial charge in [0.25, 0.3) is 0 Å². The van der Waals surface area contributed by atoms with Gasteiger partial charge in [-0.05, 0) is 56.0 Å². The summed E-state index contributed by atoms with van der Waals surface area (Å²) in [5.74, 6) is 0.908. The summed E-state index contributed by atoms with van der Waals surface area (Å²) in [6.45, 7) is 7.01. The van der Waals surface area contributed by atoms with Crippen LogP contribution in [0.1, 0.15) is 44.2 Å². The Morgan fingerprint density at radius 1 is 1.47 bits per heavy atom. The molecule has 0 aromatic heterocycles. The highest BCUT2D eigenvalue weighted by Gasteiger charge is 2.14. The van der Waals surface area contributed by atoms with Crippen molar-refractivity contribution in [1.29, 1.82) is 0 Å². The van der Waals surface area contributed by atoms with Gasteiger partial charge < -0.3 is 10.1 Å². The Labute approximate surface area is 125 Å². The first kappa shape index (κ1) is 16.3. The molecule has 106 valence electrons. The van der Waals surface area contributed by atoms with Crippen LogP contribution in [0.2, 0.25) is 0 Å². The average Bonchev–Trinajstić information content (AvgIpc) is 2.43. The summed E-state index contributed by atoms with van der Waals surface area (Å²) >= 11 is 3.65. The minimum Gasteiger partial charge on any atom is -0.497 e. The molecular formula is C16H24BrNO. The van der Waals surface area contributed by atoms with E-state index < -0.39 is 0 Å². The van der Waals surface area contributed by atoms with Crippen LogP contribution < -0.4 is 10.1 Å². The van der Waals surface area contributed by atoms with Gasteiger partial charge in [-0.2, -0.15) is 0 Å². The van der Waals surface area contributed by atoms with Crippen molar-refractivity contribution in [3.63, 3.8) is 0 Å². The van der Waals surface area contributed by atoms with Crippen LogP contribution in [0.15, 0.2) is 35.3 Å². The van der Waals surface area contributed by atoms with Crippen molar-refractivity contribution in [2.24, 2.45) is 0 Å². The lowest BCUT2D eigenvalue weighted by Gasteiger charge is -2.21. The molecule has 0 bridgehead atoms. The van der Waals surface area contributed by atoms with Crippen LogP contribution in [0, 0.1) is 0 Å². The van der Waals surface area contributed by atoms with E-state index in [1.807, 2.05) is 12.1 Å². The number of hydrogen-bond donors (Lipinski definition) is 1. The lowest BCUT2D eigenvalue weighted by Crippen LogP contribution is -2.22. The molecule has 0 saturated heterocycles. The second-order valence-corrected chi connectivity index (χ2v) is 5.47. The molecular weight excluding hydrogens is 302 g/mol. The van der Waals surface area contributed by atoms with Crippen molar-refractivity contribution in [3.8, 4) is 5.75 Å². The highest BCUT2D eigenvalue weighted by Crippen LogP contribution is 2.30. The van der Waals surface area contributed by atoms with Crippen molar-refractivity contribution < 1.29 is 4.74 Å². The Kier molecular flexibility index (Phi) is 7.84. The van der Waals surface area contributed by atoms with E-state index in [2.05, 4.69) is 46.9 Å². The first-order valence-electron chi connectivity index (χ1n) is 6.90. The molecule has 1 aromatic rings. The van der Waals surface area contributed by atoms with Gasteiger partial charge in [-0.3, -0.25) is 0 Å². The predicted octanol–water partition coefficient (Wildman–Crippen LogP) is 4.85. The number of nitrogens with one attached hydrogen (secondary N) is 1. The molecule has 0 fully saturated rings. The molecule has 0 amide bonds. The molecule has 1 rings (SSSR count). The summed E-state index contributed by atoms with van der Waals surface area (Å²) in [5, 5.41) is 3.62. The van der Waals surface area contributed by atoms with E-state index in [1.165, 1.54) is 5.56 Å². The van der Waals surface area contributed by atoms with Crippen LogP contribution in [0.25, 0.3) is 0 Å². The van der Waals surface area contributed by atoms with Crippen LogP contribution in [0.3, 0.4) is 0 Å². The summed E-state index contributed by atoms with van der Waals surface area (Å²) in [5.41, 5.74) is 1.27. The first-order valence-corrected chi connectivity index (χ1v) is 7.70. The molecule has 1 unspecified atom stereocenters. The fourth-order valence-electron chi connectivity index (χ4n) is 2.07. The molecule has 1 N–H and O–H groups in total. The molecule has 0 saturated carbocycles. The summed E-state index contributed by atoms with van der Waals surface area (Å²) in [6.07, 6.45) is 6.44. The number of halogens is 1. The lowest BCUT2D eigenvalue weighted by atomic mass is 10.0. The normalized spacial score (nSPS) is 12.2. The van der Waals surface area contributed by atoms with Crippen LogP contribution in [0.4, 0.5) is 0 Å². The number of hydrogen-bond acceptors (Lipinski definition) is 2. The number of methoxy groups -OCH3 is 1. The Bertz CT molecular complexity index is 392. The van der Waals surface area contributed by atoms with Gasteiger partial charge in [0.2, 0.25) is 0 Å². The summed E-state index contributed by atoms with van der Waals surface area (Å²) in [4.78, 5) is 0. The van der Waals surface area contributed by atoms with E-state index in [-0.39, 0.29) is 0 Å². The number of benzene rings is 1. The second-order valence-electron chi connectivity index (χ2n) is 4.61. The number of allylic oxidation sites excluding steroid dienone is 1. The van der Waals surface area contributed by atoms with E-state index in [0.29, 0.717) is 6.04 Å². The van der Waals surface area contributed by atoms with Crippen LogP contribution in [-0.4, -0.2) is 13.7 Å². The third kappa shape index (κ3) is 5.37. The number of ether oxygens (including phenoxy) is 1. The highest BCUT2D eigenvalue weighted by molar-refractivity contribution is 9.10. The van der Waals surface area contributed by atoms with Gasteiger partial charge in [-0.15, -0.1) is 6.58 Å². The topological polar surface area (TPSA) is 21.3 Å². The first-order chi connectivity index (χ1) is 9.22. The quantitative estimate of drug-likeness (QED) is 0.517. The molecule has 1 atom stereocenters. The fourth-order valence-corrected chi connectivity index (χ4v) is 2.59. The molecule has 2 nitrogen and oxygen atoms in total. The third-order valence-corrected chi connectivity index (χ3v) is 3.84. The highest BCUT2D eigenvalue weighted by atomic mass is 79.9. The molecule has 0 heterocycles. The molecule has 3 heteroatoms. The predicted molar refractivity (Wildman–Crippen MR) is 85.8 cm³/mol. The Balaban J connectivity index is 2.84. The van der Waals surface area contributed by atoms with Gasteiger partial charge in [0.15, 0.2) is 0 Å². The molecule has 0 aliphatic rings. The smallest absolute Gasteiger partial charge is 0.119 e. The third-order valence-electron chi connectivity index (χ3n) is 3.12. The van der Waals surface area contributed by atoms with Gasteiger partial charge in [-0.1, -0.05) is 28.9 Å². The van der Waals surface area contributed by atoms with Crippen LogP contribution in [0.5, 0.6) is 5.75 Å². The molecule has 0 radical (unpaired) electrons. The van der Waals surface area contributed by atoms with E-state index in [4.69, 9.17) is 4.74 Å². The standard InChI is InChI=1S/C16H24BrNO/c1-4-6-7-8-16(18-11-5-2)14-12-13(19-3)9-10-15(14)17/h4,9-10,12,16,18H,1,5-8,11H2,2-3H3. The summed E-state index contributed by atoms with van der Waals surface area (Å²) < 4.78 is 6.46. The molecule has 19 heavy (non-hydrogen) atoms. The average molecular weight is 326 g/mol. The minimum absolute atomic E-state index is 0.365. The van der Waals surface area contributed by atoms with Crippen molar-refractivity contribution >= 4 is 15.9 Å². The zero-order valence-corrected chi connectivity index (χ0v) is 13.5. The van der Waals surface area contributed by atoms with Crippen molar-refractivity contribution in [3.05, 3.63) is 40.9 Å². The fraction of sp³-hybridized carbons (Fsp3) is 0.500. The van der Waals surface area contributed by atoms with E-state index in [1.54, 1.807) is 7.11 Å². The Hall–Kier alpha value is -0.800. The van der Waals surface area contributed by atoms with Gasteiger partial charge in [0.1, 0.15) is 5.75 Å². The Morgan fingerprint density at radius 3 is 2.89 bits per heavy atom. The molecule has 1 aromatic carbocycles. The van der Waals surface area contributed by atoms with Gasteiger partial charge in [0, 0.05) is 10.5 Å². The Morgan fingerprint density at radius 2 is 2.26 bits per heavy atom. The maximum atomic E-state index is 5.33. The maximum absolute atomic E-state index is 5.33. The molecule has 0 aliphatic carbocycles. The lowest BCUT2D eigenvalue weighted by molar-refractivity contribution is 0.411. The van der Waals surface area contributed by atoms with Crippen molar-refractivity contribution in [1.82, 2.24) is 5.32 Å². The molecule has 0 aliphatic heterocycles. The van der Waals surface area contributed by atoms with Crippen molar-refractivity contribution in [2.45, 2.75) is 38.6 Å². The maximum Gasteiger partial charge on any atom is 0.119 e. The van der Waals surface area contributed by atoms with Crippen LogP contribution >= 0.6 is 15.9 Å². The van der Waals surface area contributed by atoms with E-state index in [9.17, 15) is 0 Å². The summed E-state index contributed by atoms with van der Waals surface area (Å²) in [7, 11) is 1.71. The van der Waals surface area contributed by atoms with Crippen LogP contribution in [-0.2, 0) is 0 Å². The SMILES string of the molecule is C=CCCCC(NCCC)c1cc(OC)ccc1Br. The number of unbranched alkanes of at least 4 members (excludes halogenated alkanes) is 1. The van der Waals surface area contributed by atoms with Gasteiger partial charge in [-0.25, -0.2) is 0 Å². The van der Waals surface area contributed by atoms with E-state index in [0.717, 1.165) is 42.5 Å². The molecule has 0 spiro atoms. The monoisotopic (exact) mass is 325 g/mol. The second kappa shape index (κ2) is 9.16. The van der Waals surface area contributed by atoms with E-state index >= 15 is 0 Å². The number of rotatable bonds is 9. The van der Waals surface area contributed by atoms with Crippen molar-refractivity contribution in [2.75, 3.05) is 13.7 Å². The largest absolute Gasteiger partial charge is 0.497 e. The summed E-state index contributed by atoms with van der Waals surface area (Å²) in [6, 6.07) is 6.52. The minimum atomic E-state index is 0.365. The van der Waals surface area contributed by atoms with Gasteiger partial charge in [0.05, 0.1) is 7.11 Å². The zero-order chi connectivity index (χ0) is 14.1.